The molecule has 0 heterocycles. The van der Waals surface area contributed by atoms with Crippen LogP contribution in [0.4, 0.5) is 0 Å². The van der Waals surface area contributed by atoms with E-state index in [4.69, 9.17) is 4.55 Å². The van der Waals surface area contributed by atoms with Gasteiger partial charge in [-0.3, -0.25) is 9.55 Å². The number of carbonyl (C=O) groups is 1. The summed E-state index contributed by atoms with van der Waals surface area (Å²) in [6.45, 7) is 0. The third kappa shape index (κ3) is 6.26. The first-order chi connectivity index (χ1) is 11.3. The molecule has 0 radical (unpaired) electrons. The molecule has 25 heavy (non-hydrogen) atoms. The van der Waals surface area contributed by atoms with E-state index in [1.54, 1.807) is 30.3 Å². The first kappa shape index (κ1) is 21.3. The zero-order chi connectivity index (χ0) is 17.7. The number of aliphatic carboxylic acids is 1. The van der Waals surface area contributed by atoms with Crippen molar-refractivity contribution in [1.29, 1.82) is 0 Å². The molecule has 0 saturated carbocycles. The predicted molar refractivity (Wildman–Crippen MR) is 84.9 cm³/mol. The second-order valence-electron chi connectivity index (χ2n) is 5.00. The fourth-order valence-electron chi connectivity index (χ4n) is 2.00. The van der Waals surface area contributed by atoms with Crippen molar-refractivity contribution < 1.29 is 57.5 Å². The van der Waals surface area contributed by atoms with Crippen LogP contribution in [-0.4, -0.2) is 36.3 Å². The largest absolute Gasteiger partial charge is 1.00 e. The summed E-state index contributed by atoms with van der Waals surface area (Å²) < 4.78 is 31.2. The van der Waals surface area contributed by atoms with Gasteiger partial charge in [-0.05, 0) is 23.3 Å². The molecule has 0 aliphatic heterocycles. The number of hydrogen-bond donors (Lipinski definition) is 2. The van der Waals surface area contributed by atoms with E-state index in [2.05, 4.69) is 4.99 Å². The molecular weight excluding hydrogens is 357 g/mol. The second kappa shape index (κ2) is 9.12. The molecule has 2 N–H and O–H groups in total. The van der Waals surface area contributed by atoms with E-state index < -0.39 is 32.8 Å². The van der Waals surface area contributed by atoms with Crippen LogP contribution in [0.3, 0.4) is 0 Å². The Morgan fingerprint density at radius 1 is 1.20 bits per heavy atom. The third-order valence-electron chi connectivity index (χ3n) is 3.23. The van der Waals surface area contributed by atoms with Crippen molar-refractivity contribution in [2.75, 3.05) is 0 Å². The van der Waals surface area contributed by atoms with E-state index in [1.807, 2.05) is 0 Å². The molecule has 2 rings (SSSR count). The van der Waals surface area contributed by atoms with E-state index in [0.717, 1.165) is 30.0 Å². The number of aliphatic imine (C=N–C) groups is 1. The molecule has 0 saturated heterocycles. The van der Waals surface area contributed by atoms with Crippen LogP contribution >= 0.6 is 0 Å². The third-order valence-corrected chi connectivity index (χ3v) is 4.08. The average Bonchev–Trinajstić information content (AvgIpc) is 2.52. The Labute approximate surface area is 167 Å². The number of nitrogens with zero attached hydrogens (tertiary/aromatic N) is 1. The number of benzene rings is 2. The van der Waals surface area contributed by atoms with Crippen LogP contribution in [0.15, 0.2) is 58.4 Å². The summed E-state index contributed by atoms with van der Waals surface area (Å²) in [5.74, 6) is -1.71. The van der Waals surface area contributed by atoms with Gasteiger partial charge in [0.05, 0.1) is 4.90 Å². The maximum atomic E-state index is 11.7. The fraction of sp³-hybridized carbons (Fsp3) is 0.125. The SMILES string of the molecule is O=C(O)[C@H](Cc1ccccc1)N=Cc1cc(S(=O)(=O)O)ccc1[O-].[Na+]. The normalized spacial score (nSPS) is 12.5. The summed E-state index contributed by atoms with van der Waals surface area (Å²) in [5.41, 5.74) is 0.639. The van der Waals surface area contributed by atoms with E-state index in [1.165, 1.54) is 0 Å². The predicted octanol–water partition coefficient (Wildman–Crippen LogP) is -1.87. The summed E-state index contributed by atoms with van der Waals surface area (Å²) in [7, 11) is -4.46. The molecule has 126 valence electrons. The Bertz CT molecular complexity index is 867. The molecule has 0 aliphatic carbocycles. The van der Waals surface area contributed by atoms with Gasteiger partial charge in [-0.2, -0.15) is 8.42 Å². The summed E-state index contributed by atoms with van der Waals surface area (Å²) >= 11 is 0. The summed E-state index contributed by atoms with van der Waals surface area (Å²) in [5, 5.41) is 21.0. The number of carboxylic acids is 1. The van der Waals surface area contributed by atoms with Gasteiger partial charge in [-0.1, -0.05) is 42.1 Å². The van der Waals surface area contributed by atoms with Crippen LogP contribution in [0.5, 0.6) is 5.75 Å². The maximum absolute atomic E-state index is 11.7. The molecule has 0 unspecified atom stereocenters. The van der Waals surface area contributed by atoms with Crippen LogP contribution < -0.4 is 34.7 Å². The van der Waals surface area contributed by atoms with Gasteiger partial charge in [0, 0.05) is 12.6 Å². The van der Waals surface area contributed by atoms with E-state index in [-0.39, 0.29) is 41.5 Å². The monoisotopic (exact) mass is 371 g/mol. The molecule has 0 amide bonds. The Kier molecular flexibility index (Phi) is 7.78. The van der Waals surface area contributed by atoms with Gasteiger partial charge in [-0.15, -0.1) is 0 Å². The topological polar surface area (TPSA) is 127 Å². The Balaban J connectivity index is 0.00000312. The molecule has 0 aromatic heterocycles. The molecule has 9 heteroatoms. The van der Waals surface area contributed by atoms with E-state index in [9.17, 15) is 23.4 Å². The van der Waals surface area contributed by atoms with Crippen LogP contribution in [0, 0.1) is 0 Å². The van der Waals surface area contributed by atoms with Crippen LogP contribution in [0.2, 0.25) is 0 Å². The number of carboxylic acid groups (broad SMARTS) is 1. The Morgan fingerprint density at radius 2 is 1.84 bits per heavy atom. The minimum absolute atomic E-state index is 0. The van der Waals surface area contributed by atoms with Crippen molar-refractivity contribution in [3.8, 4) is 5.75 Å². The van der Waals surface area contributed by atoms with Crippen molar-refractivity contribution >= 4 is 22.3 Å². The van der Waals surface area contributed by atoms with Gasteiger partial charge in [0.2, 0.25) is 0 Å². The van der Waals surface area contributed by atoms with Gasteiger partial charge >= 0.3 is 35.5 Å². The van der Waals surface area contributed by atoms with Gasteiger partial charge in [0.1, 0.15) is 0 Å². The van der Waals surface area contributed by atoms with Crippen molar-refractivity contribution in [2.45, 2.75) is 17.4 Å². The molecule has 0 spiro atoms. The average molecular weight is 371 g/mol. The Hall–Kier alpha value is -1.71. The first-order valence-electron chi connectivity index (χ1n) is 6.86. The zero-order valence-electron chi connectivity index (χ0n) is 13.4. The van der Waals surface area contributed by atoms with Crippen molar-refractivity contribution in [3.05, 3.63) is 59.7 Å². The molecule has 2 aromatic carbocycles. The summed E-state index contributed by atoms with van der Waals surface area (Å²) in [6, 6.07) is 10.6. The zero-order valence-corrected chi connectivity index (χ0v) is 16.2. The summed E-state index contributed by atoms with van der Waals surface area (Å²) in [6.07, 6.45) is 1.14. The quantitative estimate of drug-likeness (QED) is 0.348. The molecule has 0 fully saturated rings. The van der Waals surface area contributed by atoms with Crippen LogP contribution in [0.1, 0.15) is 11.1 Å². The minimum atomic E-state index is -4.46. The minimum Gasteiger partial charge on any atom is -0.872 e. The molecule has 0 bridgehead atoms. The molecule has 7 nitrogen and oxygen atoms in total. The second-order valence-corrected chi connectivity index (χ2v) is 6.42. The van der Waals surface area contributed by atoms with Gasteiger partial charge in [0.25, 0.3) is 10.1 Å². The number of rotatable bonds is 6. The molecular formula is C16H14NNaO6S. The van der Waals surface area contributed by atoms with Gasteiger partial charge < -0.3 is 10.2 Å². The number of hydrogen-bond acceptors (Lipinski definition) is 5. The Morgan fingerprint density at radius 3 is 2.40 bits per heavy atom. The maximum Gasteiger partial charge on any atom is 1.00 e. The van der Waals surface area contributed by atoms with E-state index in [0.29, 0.717) is 0 Å². The standard InChI is InChI=1S/C16H15NO6S.Na/c18-15-7-6-13(24(21,22)23)9-12(15)10-17-14(16(19)20)8-11-4-2-1-3-5-11;/h1-7,9-10,14,18H,8H2,(H,19,20)(H,21,22,23);/q;+1/p-1/t14-;/m0./s1. The molecule has 0 aliphatic rings. The molecule has 1 atom stereocenters. The van der Waals surface area contributed by atoms with Gasteiger partial charge in [-0.25, -0.2) is 4.79 Å². The first-order valence-corrected chi connectivity index (χ1v) is 8.30. The fourth-order valence-corrected chi connectivity index (χ4v) is 2.52. The molecule has 2 aromatic rings. The van der Waals surface area contributed by atoms with Crippen LogP contribution in [-0.2, 0) is 21.3 Å². The van der Waals surface area contributed by atoms with Crippen molar-refractivity contribution in [3.63, 3.8) is 0 Å². The van der Waals surface area contributed by atoms with Gasteiger partial charge in [0.15, 0.2) is 6.04 Å². The summed E-state index contributed by atoms with van der Waals surface area (Å²) in [4.78, 5) is 14.7. The van der Waals surface area contributed by atoms with Crippen LogP contribution in [0.25, 0.3) is 0 Å². The van der Waals surface area contributed by atoms with Crippen molar-refractivity contribution in [2.24, 2.45) is 4.99 Å². The van der Waals surface area contributed by atoms with E-state index >= 15 is 0 Å². The van der Waals surface area contributed by atoms with Crippen molar-refractivity contribution in [1.82, 2.24) is 0 Å². The smallest absolute Gasteiger partial charge is 0.872 e.